The van der Waals surface area contributed by atoms with Crippen LogP contribution >= 0.6 is 0 Å². The molecule has 3 rings (SSSR count). The summed E-state index contributed by atoms with van der Waals surface area (Å²) in [7, 11) is 1.82. The van der Waals surface area contributed by atoms with E-state index < -0.39 is 5.97 Å². The highest BCUT2D eigenvalue weighted by molar-refractivity contribution is 5.69. The minimum absolute atomic E-state index is 0.0438. The maximum absolute atomic E-state index is 10.8. The highest BCUT2D eigenvalue weighted by Gasteiger charge is 2.23. The third-order valence-corrected chi connectivity index (χ3v) is 4.66. The number of carboxylic acids is 1. The largest absolute Gasteiger partial charge is 0.493 e. The molecule has 1 aliphatic heterocycles. The number of morpholine rings is 1. The topological polar surface area (TPSA) is 62.2 Å². The fourth-order valence-corrected chi connectivity index (χ4v) is 3.13. The van der Waals surface area contributed by atoms with E-state index in [9.17, 15) is 4.79 Å². The zero-order chi connectivity index (χ0) is 17.6. The van der Waals surface area contributed by atoms with Crippen LogP contribution in [0.25, 0.3) is 0 Å². The van der Waals surface area contributed by atoms with Gasteiger partial charge in [0.2, 0.25) is 0 Å². The van der Waals surface area contributed by atoms with Crippen molar-refractivity contribution in [2.45, 2.75) is 25.5 Å². The van der Waals surface area contributed by atoms with Crippen LogP contribution in [0.4, 0.5) is 0 Å². The van der Waals surface area contributed by atoms with E-state index in [1.807, 2.05) is 7.05 Å². The lowest BCUT2D eigenvalue weighted by molar-refractivity contribution is -0.138. The second-order valence-corrected chi connectivity index (χ2v) is 7.22. The van der Waals surface area contributed by atoms with Crippen LogP contribution in [0.1, 0.15) is 18.4 Å². The van der Waals surface area contributed by atoms with Gasteiger partial charge in [-0.15, -0.1) is 0 Å². The number of hydrogen-bond donors (Lipinski definition) is 1. The number of ether oxygens (including phenoxy) is 2. The number of carbonyl (C=O) groups is 1. The maximum Gasteiger partial charge on any atom is 0.317 e. The van der Waals surface area contributed by atoms with Crippen LogP contribution < -0.4 is 4.74 Å². The minimum Gasteiger partial charge on any atom is -0.493 e. The molecule has 1 saturated carbocycles. The third kappa shape index (κ3) is 6.30. The van der Waals surface area contributed by atoms with Gasteiger partial charge >= 0.3 is 5.97 Å². The van der Waals surface area contributed by atoms with E-state index in [1.165, 1.54) is 18.4 Å². The van der Waals surface area contributed by atoms with Gasteiger partial charge in [0.15, 0.2) is 0 Å². The molecule has 1 heterocycles. The summed E-state index contributed by atoms with van der Waals surface area (Å²) in [4.78, 5) is 14.9. The van der Waals surface area contributed by atoms with Gasteiger partial charge in [0.05, 0.1) is 25.9 Å². The predicted octanol–water partition coefficient (Wildman–Crippen LogP) is 1.69. The highest BCUT2D eigenvalue weighted by atomic mass is 16.5. The minimum atomic E-state index is -0.806. The SMILES string of the molecule is CN(CC(=O)O)CC1CN(Cc2ccc(OCC3CC3)cc2)CCO1. The van der Waals surface area contributed by atoms with Crippen LogP contribution in [0.5, 0.6) is 5.75 Å². The molecule has 1 unspecified atom stereocenters. The number of carboxylic acid groups (broad SMARTS) is 1. The molecule has 1 aliphatic carbocycles. The van der Waals surface area contributed by atoms with Gasteiger partial charge in [-0.2, -0.15) is 0 Å². The molecule has 138 valence electrons. The van der Waals surface area contributed by atoms with Gasteiger partial charge in [0.1, 0.15) is 5.75 Å². The zero-order valence-electron chi connectivity index (χ0n) is 14.9. The molecular formula is C19H28N2O4. The molecule has 0 spiro atoms. The monoisotopic (exact) mass is 348 g/mol. The first-order valence-corrected chi connectivity index (χ1v) is 9.04. The molecule has 1 N–H and O–H groups in total. The molecule has 25 heavy (non-hydrogen) atoms. The van der Waals surface area contributed by atoms with Crippen molar-refractivity contribution < 1.29 is 19.4 Å². The maximum atomic E-state index is 10.8. The van der Waals surface area contributed by atoms with Crippen LogP contribution in [-0.4, -0.2) is 73.4 Å². The molecular weight excluding hydrogens is 320 g/mol. The smallest absolute Gasteiger partial charge is 0.317 e. The standard InChI is InChI=1S/C19H28N2O4/c1-20(13-19(22)23)11-18-12-21(8-9-24-18)10-15-4-6-17(7-5-15)25-14-16-2-3-16/h4-7,16,18H,2-3,8-14H2,1H3,(H,22,23). The molecule has 2 fully saturated rings. The van der Waals surface area contributed by atoms with Gasteiger partial charge in [-0.1, -0.05) is 12.1 Å². The van der Waals surface area contributed by atoms with Gasteiger partial charge in [-0.25, -0.2) is 0 Å². The first-order valence-electron chi connectivity index (χ1n) is 9.04. The van der Waals surface area contributed by atoms with Crippen molar-refractivity contribution in [2.75, 3.05) is 46.4 Å². The molecule has 1 aromatic carbocycles. The van der Waals surface area contributed by atoms with E-state index in [-0.39, 0.29) is 12.6 Å². The molecule has 1 saturated heterocycles. The van der Waals surface area contributed by atoms with Crippen molar-refractivity contribution >= 4 is 5.97 Å². The Bertz CT molecular complexity index is 559. The Morgan fingerprint density at radius 3 is 2.80 bits per heavy atom. The summed E-state index contributed by atoms with van der Waals surface area (Å²) in [5.41, 5.74) is 1.26. The molecule has 6 nitrogen and oxygen atoms in total. The first kappa shape index (κ1) is 18.2. The Balaban J connectivity index is 1.44. The summed E-state index contributed by atoms with van der Waals surface area (Å²) < 4.78 is 11.6. The van der Waals surface area contributed by atoms with Gasteiger partial charge in [0, 0.05) is 26.2 Å². The number of nitrogens with zero attached hydrogens (tertiary/aromatic N) is 2. The average molecular weight is 348 g/mol. The van der Waals surface area contributed by atoms with E-state index in [4.69, 9.17) is 14.6 Å². The molecule has 0 bridgehead atoms. The Labute approximate surface area is 149 Å². The van der Waals surface area contributed by atoms with Crippen LogP contribution in [-0.2, 0) is 16.1 Å². The van der Waals surface area contributed by atoms with Crippen molar-refractivity contribution in [1.29, 1.82) is 0 Å². The quantitative estimate of drug-likeness (QED) is 0.733. The van der Waals surface area contributed by atoms with E-state index in [1.54, 1.807) is 4.90 Å². The number of hydrogen-bond acceptors (Lipinski definition) is 5. The van der Waals surface area contributed by atoms with E-state index in [2.05, 4.69) is 29.2 Å². The Kier molecular flexibility index (Phi) is 6.29. The molecule has 1 atom stereocenters. The summed E-state index contributed by atoms with van der Waals surface area (Å²) in [6, 6.07) is 8.36. The fourth-order valence-electron chi connectivity index (χ4n) is 3.13. The number of aliphatic carboxylic acids is 1. The summed E-state index contributed by atoms with van der Waals surface area (Å²) in [6.45, 7) is 4.82. The molecule has 0 radical (unpaired) electrons. The highest BCUT2D eigenvalue weighted by Crippen LogP contribution is 2.29. The van der Waals surface area contributed by atoms with E-state index in [0.29, 0.717) is 13.2 Å². The Morgan fingerprint density at radius 2 is 2.12 bits per heavy atom. The van der Waals surface area contributed by atoms with Gasteiger partial charge in [-0.05, 0) is 43.5 Å². The third-order valence-electron chi connectivity index (χ3n) is 4.66. The average Bonchev–Trinajstić information content (AvgIpc) is 3.38. The van der Waals surface area contributed by atoms with Crippen molar-refractivity contribution in [3.05, 3.63) is 29.8 Å². The van der Waals surface area contributed by atoms with E-state index in [0.717, 1.165) is 37.9 Å². The first-order chi connectivity index (χ1) is 12.1. The van der Waals surface area contributed by atoms with Crippen LogP contribution in [0.15, 0.2) is 24.3 Å². The zero-order valence-corrected chi connectivity index (χ0v) is 14.9. The van der Waals surface area contributed by atoms with Crippen LogP contribution in [0.3, 0.4) is 0 Å². The molecule has 1 aromatic rings. The molecule has 0 amide bonds. The van der Waals surface area contributed by atoms with Crippen LogP contribution in [0.2, 0.25) is 0 Å². The fraction of sp³-hybridized carbons (Fsp3) is 0.632. The lowest BCUT2D eigenvalue weighted by Crippen LogP contribution is -2.47. The number of likely N-dealkylation sites (N-methyl/N-ethyl adjacent to an activating group) is 1. The summed E-state index contributed by atoms with van der Waals surface area (Å²) >= 11 is 0. The lowest BCUT2D eigenvalue weighted by atomic mass is 10.1. The summed E-state index contributed by atoms with van der Waals surface area (Å²) in [5, 5.41) is 8.85. The summed E-state index contributed by atoms with van der Waals surface area (Å²) in [5.74, 6) is 0.911. The number of rotatable bonds is 9. The molecule has 0 aromatic heterocycles. The Hall–Kier alpha value is -1.63. The second kappa shape index (κ2) is 8.65. The van der Waals surface area contributed by atoms with Crippen molar-refractivity contribution in [1.82, 2.24) is 9.80 Å². The molecule has 2 aliphatic rings. The summed E-state index contributed by atoms with van der Waals surface area (Å²) in [6.07, 6.45) is 2.66. The number of benzene rings is 1. The normalized spacial score (nSPS) is 21.4. The van der Waals surface area contributed by atoms with Gasteiger partial charge < -0.3 is 14.6 Å². The van der Waals surface area contributed by atoms with Crippen molar-refractivity contribution in [3.8, 4) is 5.75 Å². The van der Waals surface area contributed by atoms with Crippen LogP contribution in [0, 0.1) is 5.92 Å². The van der Waals surface area contributed by atoms with Gasteiger partial charge in [-0.3, -0.25) is 14.6 Å². The second-order valence-electron chi connectivity index (χ2n) is 7.22. The van der Waals surface area contributed by atoms with Gasteiger partial charge in [0.25, 0.3) is 0 Å². The van der Waals surface area contributed by atoms with Crippen molar-refractivity contribution in [2.24, 2.45) is 5.92 Å². The molecule has 6 heteroatoms. The predicted molar refractivity (Wildman–Crippen MR) is 94.8 cm³/mol. The van der Waals surface area contributed by atoms with Crippen molar-refractivity contribution in [3.63, 3.8) is 0 Å². The van der Waals surface area contributed by atoms with E-state index >= 15 is 0 Å². The lowest BCUT2D eigenvalue weighted by Gasteiger charge is -2.34. The Morgan fingerprint density at radius 1 is 1.36 bits per heavy atom.